The molecule has 2 saturated carbocycles. The monoisotopic (exact) mass is 563 g/mol. The summed E-state index contributed by atoms with van der Waals surface area (Å²) in [6.45, 7) is 0. The molecule has 0 radical (unpaired) electrons. The lowest BCUT2D eigenvalue weighted by molar-refractivity contribution is -0.166. The number of carbonyl (C=O) groups excluding carboxylic acids is 5. The summed E-state index contributed by atoms with van der Waals surface area (Å²) >= 11 is 6.04. The van der Waals surface area contributed by atoms with Crippen LogP contribution in [-0.2, 0) is 25.6 Å². The average Bonchev–Trinajstić information content (AvgIpc) is 2.83. The van der Waals surface area contributed by atoms with Crippen LogP contribution in [-0.4, -0.2) is 70.3 Å². The fraction of sp³-hybridized carbons (Fsp3) is 0.357. The molecule has 2 unspecified atom stereocenters. The number of nitriles is 1. The summed E-state index contributed by atoms with van der Waals surface area (Å²) < 4.78 is 0. The molecule has 6 atom stereocenters. The molecule has 3 aliphatic rings. The van der Waals surface area contributed by atoms with E-state index in [1.807, 2.05) is 0 Å². The van der Waals surface area contributed by atoms with E-state index in [9.17, 15) is 34.3 Å². The molecular formula is C28H26ClN5O6. The SMILES string of the molecule is CN(C)[C@@H]1C(=O)C(C(N)=O)C(=O)[C@@]2(C#N)C(=O)C3C(=O)c4c(O)ccc(-c5ccc(Cl)cc5)c4C[C@@]3(N)C[C@@]12N. The van der Waals surface area contributed by atoms with Crippen LogP contribution in [0, 0.1) is 28.6 Å². The highest BCUT2D eigenvalue weighted by molar-refractivity contribution is 6.33. The second kappa shape index (κ2) is 8.78. The number of Topliss-reactive ketones (excluding diaryl/α,β-unsaturated/α-hetero) is 4. The van der Waals surface area contributed by atoms with Gasteiger partial charge < -0.3 is 22.3 Å². The highest BCUT2D eigenvalue weighted by Crippen LogP contribution is 2.56. The number of fused-ring (bicyclic) bond motifs is 3. The molecule has 3 aliphatic carbocycles. The van der Waals surface area contributed by atoms with Crippen LogP contribution in [0.5, 0.6) is 5.75 Å². The number of phenolic OH excluding ortho intramolecular Hbond substituents is 1. The number of hydrogen-bond donors (Lipinski definition) is 4. The average molecular weight is 564 g/mol. The summed E-state index contributed by atoms with van der Waals surface area (Å²) in [5.74, 6) is -10.0. The van der Waals surface area contributed by atoms with E-state index in [1.165, 1.54) is 25.1 Å². The number of amides is 1. The molecule has 5 rings (SSSR count). The van der Waals surface area contributed by atoms with Crippen molar-refractivity contribution in [2.24, 2.45) is 34.5 Å². The third-order valence-corrected chi connectivity index (χ3v) is 8.88. The van der Waals surface area contributed by atoms with Gasteiger partial charge in [-0.25, -0.2) is 0 Å². The summed E-state index contributed by atoms with van der Waals surface area (Å²) in [6.07, 6.45) is -0.629. The maximum Gasteiger partial charge on any atom is 0.235 e. The van der Waals surface area contributed by atoms with Crippen LogP contribution in [0.15, 0.2) is 36.4 Å². The summed E-state index contributed by atoms with van der Waals surface area (Å²) in [6, 6.07) is 9.87. The van der Waals surface area contributed by atoms with E-state index in [4.69, 9.17) is 28.8 Å². The molecule has 2 aromatic carbocycles. The molecule has 0 aromatic heterocycles. The maximum absolute atomic E-state index is 14.3. The predicted octanol–water partition coefficient (Wildman–Crippen LogP) is 0.129. The smallest absolute Gasteiger partial charge is 0.235 e. The molecular weight excluding hydrogens is 538 g/mol. The number of aromatic hydroxyl groups is 1. The number of rotatable bonds is 3. The van der Waals surface area contributed by atoms with Crippen molar-refractivity contribution in [3.8, 4) is 22.9 Å². The van der Waals surface area contributed by atoms with Crippen LogP contribution in [0.25, 0.3) is 11.1 Å². The molecule has 11 nitrogen and oxygen atoms in total. The molecule has 1 amide bonds. The minimum atomic E-state index is -2.78. The van der Waals surface area contributed by atoms with Gasteiger partial charge in [0, 0.05) is 10.6 Å². The van der Waals surface area contributed by atoms with Gasteiger partial charge in [0.2, 0.25) is 5.91 Å². The number of nitrogens with two attached hydrogens (primary N) is 3. The Morgan fingerprint density at radius 1 is 1.07 bits per heavy atom. The minimum Gasteiger partial charge on any atom is -0.507 e. The van der Waals surface area contributed by atoms with E-state index >= 15 is 0 Å². The van der Waals surface area contributed by atoms with E-state index in [0.717, 1.165) is 0 Å². The Labute approximate surface area is 233 Å². The zero-order valence-corrected chi connectivity index (χ0v) is 22.4. The Morgan fingerprint density at radius 2 is 1.70 bits per heavy atom. The first-order chi connectivity index (χ1) is 18.7. The molecule has 12 heteroatoms. The Hall–Kier alpha value is -3.95. The number of carbonyl (C=O) groups is 5. The minimum absolute atomic E-state index is 0.154. The van der Waals surface area contributed by atoms with Gasteiger partial charge in [-0.2, -0.15) is 5.26 Å². The van der Waals surface area contributed by atoms with E-state index < -0.39 is 75.6 Å². The predicted molar refractivity (Wildman–Crippen MR) is 142 cm³/mol. The number of hydrogen-bond acceptors (Lipinski definition) is 10. The van der Waals surface area contributed by atoms with Crippen LogP contribution in [0.3, 0.4) is 0 Å². The molecule has 0 spiro atoms. The molecule has 0 heterocycles. The van der Waals surface area contributed by atoms with E-state index in [-0.39, 0.29) is 12.0 Å². The number of likely N-dealkylation sites (N-methyl/N-ethyl adjacent to an activating group) is 1. The van der Waals surface area contributed by atoms with Crippen molar-refractivity contribution in [2.75, 3.05) is 14.1 Å². The number of halogens is 1. The number of ketones is 4. The van der Waals surface area contributed by atoms with Gasteiger partial charge in [-0.3, -0.25) is 28.9 Å². The molecule has 2 fully saturated rings. The van der Waals surface area contributed by atoms with Gasteiger partial charge in [-0.15, -0.1) is 0 Å². The van der Waals surface area contributed by atoms with Gasteiger partial charge in [0.25, 0.3) is 0 Å². The fourth-order valence-corrected chi connectivity index (χ4v) is 7.23. The summed E-state index contributed by atoms with van der Waals surface area (Å²) in [5, 5.41) is 21.7. The lowest BCUT2D eigenvalue weighted by atomic mass is 9.42. The lowest BCUT2D eigenvalue weighted by Crippen LogP contribution is -2.85. The van der Waals surface area contributed by atoms with Gasteiger partial charge in [0.1, 0.15) is 11.7 Å². The van der Waals surface area contributed by atoms with E-state index in [1.54, 1.807) is 36.4 Å². The summed E-state index contributed by atoms with van der Waals surface area (Å²) in [5.41, 5.74) is 13.7. The van der Waals surface area contributed by atoms with Gasteiger partial charge in [0.15, 0.2) is 34.5 Å². The number of primary amides is 1. The third-order valence-electron chi connectivity index (χ3n) is 8.63. The zero-order valence-electron chi connectivity index (χ0n) is 21.6. The van der Waals surface area contributed by atoms with Crippen molar-refractivity contribution >= 4 is 40.6 Å². The topological polar surface area (TPSA) is 211 Å². The van der Waals surface area contributed by atoms with Gasteiger partial charge in [-0.05, 0) is 61.8 Å². The first-order valence-electron chi connectivity index (χ1n) is 12.4. The molecule has 7 N–H and O–H groups in total. The third kappa shape index (κ3) is 3.31. The van der Waals surface area contributed by atoms with Crippen LogP contribution < -0.4 is 17.2 Å². The highest BCUT2D eigenvalue weighted by atomic mass is 35.5. The fourth-order valence-electron chi connectivity index (χ4n) is 7.11. The largest absolute Gasteiger partial charge is 0.507 e. The maximum atomic E-state index is 14.3. The van der Waals surface area contributed by atoms with Crippen LogP contribution >= 0.6 is 11.6 Å². The lowest BCUT2D eigenvalue weighted by Gasteiger charge is -2.60. The molecule has 0 aliphatic heterocycles. The number of nitrogens with zero attached hydrogens (tertiary/aromatic N) is 2. The van der Waals surface area contributed by atoms with Crippen LogP contribution in [0.2, 0.25) is 5.02 Å². The van der Waals surface area contributed by atoms with Crippen molar-refractivity contribution in [1.29, 1.82) is 5.26 Å². The Kier molecular flexibility index (Phi) is 6.06. The van der Waals surface area contributed by atoms with Crippen molar-refractivity contribution in [1.82, 2.24) is 4.90 Å². The Bertz CT molecular complexity index is 1580. The molecule has 0 bridgehead atoms. The first kappa shape index (κ1) is 27.6. The summed E-state index contributed by atoms with van der Waals surface area (Å²) in [7, 11) is 2.90. The van der Waals surface area contributed by atoms with Crippen LogP contribution in [0.4, 0.5) is 0 Å². The van der Waals surface area contributed by atoms with Gasteiger partial charge in [-0.1, -0.05) is 29.8 Å². The van der Waals surface area contributed by atoms with Gasteiger partial charge >= 0.3 is 0 Å². The quantitative estimate of drug-likeness (QED) is 0.370. The number of phenols is 1. The Balaban J connectivity index is 1.78. The second-order valence-corrected chi connectivity index (χ2v) is 11.5. The van der Waals surface area contributed by atoms with Gasteiger partial charge in [0.05, 0.1) is 23.2 Å². The Morgan fingerprint density at radius 3 is 2.25 bits per heavy atom. The summed E-state index contributed by atoms with van der Waals surface area (Å²) in [4.78, 5) is 69.2. The molecule has 40 heavy (non-hydrogen) atoms. The number of benzene rings is 2. The molecule has 0 saturated heterocycles. The van der Waals surface area contributed by atoms with Crippen molar-refractivity contribution in [3.05, 3.63) is 52.5 Å². The molecule has 206 valence electrons. The standard InChI is InChI=1S/C28H26ClN5O6/c1-34(2)22-21(37)18(25(31)40)23(38)27(11-30)24(39)19-20(36)17-15(9-26(19,32)10-28(22,27)33)14(7-8-16(17)35)12-3-5-13(29)6-4-12/h3-8,18-19,22,35H,9-10,32-33H2,1-2H3,(H2,31,40)/t18?,19?,22-,26-,27+,28-/m1/s1. The van der Waals surface area contributed by atoms with Crippen LogP contribution in [0.1, 0.15) is 22.3 Å². The van der Waals surface area contributed by atoms with Crippen molar-refractivity contribution < 1.29 is 29.1 Å². The van der Waals surface area contributed by atoms with Crippen molar-refractivity contribution in [3.63, 3.8) is 0 Å². The van der Waals surface area contributed by atoms with E-state index in [0.29, 0.717) is 21.7 Å². The van der Waals surface area contributed by atoms with Crippen molar-refractivity contribution in [2.45, 2.75) is 30.0 Å². The highest BCUT2D eigenvalue weighted by Gasteiger charge is 2.78. The van der Waals surface area contributed by atoms with E-state index in [2.05, 4.69) is 0 Å². The normalized spacial score (nSPS) is 33.2. The zero-order chi connectivity index (χ0) is 29.5. The molecule has 2 aromatic rings. The first-order valence-corrected chi connectivity index (χ1v) is 12.8. The second-order valence-electron chi connectivity index (χ2n) is 11.1.